The maximum absolute atomic E-state index is 10.9. The average molecular weight is 287 g/mol. The highest BCUT2D eigenvalue weighted by Crippen LogP contribution is 2.38. The molecule has 0 aliphatic heterocycles. The number of hydrogen-bond acceptors (Lipinski definition) is 2. The molecule has 21 heavy (non-hydrogen) atoms. The predicted octanol–water partition coefficient (Wildman–Crippen LogP) is 4.22. The Morgan fingerprint density at radius 2 is 2.10 bits per heavy atom. The summed E-state index contributed by atoms with van der Waals surface area (Å²) >= 11 is 0. The van der Waals surface area contributed by atoms with Crippen LogP contribution in [0, 0.1) is 5.92 Å². The molecule has 116 valence electrons. The summed E-state index contributed by atoms with van der Waals surface area (Å²) in [7, 11) is 0. The fourth-order valence-electron chi connectivity index (χ4n) is 3.45. The molecular formula is C19H29NO. The van der Waals surface area contributed by atoms with Gasteiger partial charge < -0.3 is 10.4 Å². The molecule has 1 aromatic rings. The highest BCUT2D eigenvalue weighted by molar-refractivity contribution is 5.19. The van der Waals surface area contributed by atoms with E-state index >= 15 is 0 Å². The van der Waals surface area contributed by atoms with E-state index in [0.29, 0.717) is 5.92 Å². The monoisotopic (exact) mass is 287 g/mol. The Labute approximate surface area is 129 Å². The minimum Gasteiger partial charge on any atom is -0.388 e. The minimum absolute atomic E-state index is 0.133. The molecule has 1 aromatic carbocycles. The lowest BCUT2D eigenvalue weighted by Crippen LogP contribution is -2.54. The second kappa shape index (κ2) is 6.76. The van der Waals surface area contributed by atoms with E-state index in [2.05, 4.69) is 56.9 Å². The fourth-order valence-corrected chi connectivity index (χ4v) is 3.45. The highest BCUT2D eigenvalue weighted by Gasteiger charge is 2.41. The number of hydrogen-bond donors (Lipinski definition) is 2. The first-order valence-corrected chi connectivity index (χ1v) is 8.15. The maximum atomic E-state index is 10.9. The second-order valence-electron chi connectivity index (χ2n) is 6.63. The fraction of sp³-hybridized carbons (Fsp3) is 0.579. The number of aliphatic hydroxyl groups is 1. The first-order chi connectivity index (χ1) is 9.96. The molecule has 2 nitrogen and oxygen atoms in total. The van der Waals surface area contributed by atoms with Crippen LogP contribution in [0.5, 0.6) is 0 Å². The van der Waals surface area contributed by atoms with Crippen LogP contribution in [0.1, 0.15) is 58.1 Å². The van der Waals surface area contributed by atoms with E-state index in [0.717, 1.165) is 25.7 Å². The van der Waals surface area contributed by atoms with Gasteiger partial charge in [-0.05, 0) is 51.0 Å². The first kappa shape index (κ1) is 16.3. The van der Waals surface area contributed by atoms with Crippen molar-refractivity contribution < 1.29 is 5.11 Å². The molecule has 0 spiro atoms. The van der Waals surface area contributed by atoms with Crippen molar-refractivity contribution in [1.29, 1.82) is 0 Å². The van der Waals surface area contributed by atoms with E-state index in [4.69, 9.17) is 0 Å². The summed E-state index contributed by atoms with van der Waals surface area (Å²) in [5, 5.41) is 14.6. The van der Waals surface area contributed by atoms with E-state index in [1.54, 1.807) is 0 Å². The Morgan fingerprint density at radius 1 is 1.43 bits per heavy atom. The lowest BCUT2D eigenvalue weighted by molar-refractivity contribution is -0.0421. The summed E-state index contributed by atoms with van der Waals surface area (Å²) in [5.41, 5.74) is 1.93. The molecular weight excluding hydrogens is 258 g/mol. The molecule has 0 heterocycles. The van der Waals surface area contributed by atoms with Crippen LogP contribution in [0.25, 0.3) is 0 Å². The Morgan fingerprint density at radius 3 is 2.67 bits per heavy atom. The van der Waals surface area contributed by atoms with Crippen LogP contribution < -0.4 is 5.32 Å². The van der Waals surface area contributed by atoms with E-state index in [9.17, 15) is 5.11 Å². The molecule has 0 saturated heterocycles. The highest BCUT2D eigenvalue weighted by atomic mass is 16.3. The molecule has 4 atom stereocenters. The van der Waals surface area contributed by atoms with Crippen molar-refractivity contribution in [3.8, 4) is 0 Å². The van der Waals surface area contributed by atoms with Crippen molar-refractivity contribution >= 4 is 0 Å². The second-order valence-corrected chi connectivity index (χ2v) is 6.63. The molecule has 1 aliphatic rings. The van der Waals surface area contributed by atoms with Crippen LogP contribution in [-0.4, -0.2) is 16.7 Å². The minimum atomic E-state index is -0.588. The summed E-state index contributed by atoms with van der Waals surface area (Å²) in [5.74, 6) is 0.525. The lowest BCUT2D eigenvalue weighted by Gasteiger charge is -2.44. The molecule has 1 fully saturated rings. The third kappa shape index (κ3) is 3.75. The SMILES string of the molecule is C=C(C)[C@@H]1CC[C@@](O)(CC)[C@@H](N[C@H](C)c2ccccc2)C1. The van der Waals surface area contributed by atoms with Crippen LogP contribution in [-0.2, 0) is 0 Å². The zero-order chi connectivity index (χ0) is 15.5. The van der Waals surface area contributed by atoms with Gasteiger partial charge in [0.1, 0.15) is 0 Å². The van der Waals surface area contributed by atoms with Gasteiger partial charge in [0.05, 0.1) is 5.60 Å². The largest absolute Gasteiger partial charge is 0.388 e. The molecule has 1 saturated carbocycles. The molecule has 0 unspecified atom stereocenters. The summed E-state index contributed by atoms with van der Waals surface area (Å²) in [6.07, 6.45) is 3.70. The number of allylic oxidation sites excluding steroid dienone is 1. The molecule has 2 N–H and O–H groups in total. The maximum Gasteiger partial charge on any atom is 0.0798 e. The van der Waals surface area contributed by atoms with Crippen molar-refractivity contribution in [1.82, 2.24) is 5.32 Å². The molecule has 0 bridgehead atoms. The standard InChI is InChI=1S/C19H29NO/c1-5-19(21)12-11-17(14(2)3)13-18(19)20-15(4)16-9-7-6-8-10-16/h6-10,15,17-18,20-21H,2,5,11-13H2,1,3-4H3/t15-,17-,18+,19+/m1/s1. The molecule has 0 aromatic heterocycles. The van der Waals surface area contributed by atoms with E-state index in [-0.39, 0.29) is 12.1 Å². The number of rotatable bonds is 5. The van der Waals surface area contributed by atoms with E-state index < -0.39 is 5.60 Å². The van der Waals surface area contributed by atoms with Crippen LogP contribution in [0.3, 0.4) is 0 Å². The Bertz CT molecular complexity index is 470. The Balaban J connectivity index is 2.11. The van der Waals surface area contributed by atoms with Crippen LogP contribution in [0.15, 0.2) is 42.5 Å². The number of benzene rings is 1. The first-order valence-electron chi connectivity index (χ1n) is 8.15. The smallest absolute Gasteiger partial charge is 0.0798 e. The van der Waals surface area contributed by atoms with E-state index in [1.807, 2.05) is 6.07 Å². The average Bonchev–Trinajstić information content (AvgIpc) is 2.50. The quantitative estimate of drug-likeness (QED) is 0.795. The molecule has 1 aliphatic carbocycles. The van der Waals surface area contributed by atoms with Crippen LogP contribution in [0.2, 0.25) is 0 Å². The van der Waals surface area contributed by atoms with Gasteiger partial charge in [-0.2, -0.15) is 0 Å². The van der Waals surface area contributed by atoms with Crippen molar-refractivity contribution in [3.05, 3.63) is 48.0 Å². The number of nitrogens with one attached hydrogen (secondary N) is 1. The van der Waals surface area contributed by atoms with Crippen molar-refractivity contribution in [2.75, 3.05) is 0 Å². The van der Waals surface area contributed by atoms with Gasteiger partial charge in [0.15, 0.2) is 0 Å². The molecule has 0 radical (unpaired) electrons. The van der Waals surface area contributed by atoms with E-state index in [1.165, 1.54) is 11.1 Å². The van der Waals surface area contributed by atoms with Crippen molar-refractivity contribution in [2.24, 2.45) is 5.92 Å². The van der Waals surface area contributed by atoms with Gasteiger partial charge in [0.2, 0.25) is 0 Å². The summed E-state index contributed by atoms with van der Waals surface area (Å²) in [6.45, 7) is 10.5. The van der Waals surface area contributed by atoms with Gasteiger partial charge in [-0.25, -0.2) is 0 Å². The van der Waals surface area contributed by atoms with Gasteiger partial charge >= 0.3 is 0 Å². The Hall–Kier alpha value is -1.12. The lowest BCUT2D eigenvalue weighted by atomic mass is 9.71. The molecule has 0 amide bonds. The Kier molecular flexibility index (Phi) is 5.23. The summed E-state index contributed by atoms with van der Waals surface area (Å²) < 4.78 is 0. The normalized spacial score (nSPS) is 30.9. The zero-order valence-electron chi connectivity index (χ0n) is 13.6. The van der Waals surface area contributed by atoms with Gasteiger partial charge in [-0.3, -0.25) is 0 Å². The third-order valence-electron chi connectivity index (χ3n) is 5.15. The molecule has 2 heteroatoms. The van der Waals surface area contributed by atoms with Gasteiger partial charge in [-0.1, -0.05) is 49.4 Å². The predicted molar refractivity (Wildman–Crippen MR) is 89.2 cm³/mol. The van der Waals surface area contributed by atoms with Crippen LogP contribution >= 0.6 is 0 Å². The van der Waals surface area contributed by atoms with Crippen molar-refractivity contribution in [2.45, 2.75) is 64.1 Å². The van der Waals surface area contributed by atoms with Gasteiger partial charge in [-0.15, -0.1) is 0 Å². The van der Waals surface area contributed by atoms with Gasteiger partial charge in [0.25, 0.3) is 0 Å². The third-order valence-corrected chi connectivity index (χ3v) is 5.15. The molecule has 2 rings (SSSR count). The zero-order valence-corrected chi connectivity index (χ0v) is 13.6. The van der Waals surface area contributed by atoms with Crippen molar-refractivity contribution in [3.63, 3.8) is 0 Å². The van der Waals surface area contributed by atoms with Crippen LogP contribution in [0.4, 0.5) is 0 Å². The summed E-state index contributed by atoms with van der Waals surface area (Å²) in [4.78, 5) is 0. The topological polar surface area (TPSA) is 32.3 Å². The van der Waals surface area contributed by atoms with Gasteiger partial charge in [0, 0.05) is 12.1 Å². The summed E-state index contributed by atoms with van der Waals surface area (Å²) in [6, 6.07) is 10.8.